The lowest BCUT2D eigenvalue weighted by Crippen LogP contribution is -2.50. The van der Waals surface area contributed by atoms with E-state index in [4.69, 9.17) is 9.37 Å². The minimum absolute atomic E-state index is 0.206. The first kappa shape index (κ1) is 24.3. The van der Waals surface area contributed by atoms with Gasteiger partial charge in [-0.2, -0.15) is 0 Å². The summed E-state index contributed by atoms with van der Waals surface area (Å²) in [6.07, 6.45) is 0.170. The summed E-state index contributed by atoms with van der Waals surface area (Å²) in [6, 6.07) is 6.97. The summed E-state index contributed by atoms with van der Waals surface area (Å²) in [7, 11) is 0. The number of anilines is 2. The first-order valence-electron chi connectivity index (χ1n) is 11.2. The Kier molecular flexibility index (Phi) is 7.45. The smallest absolute Gasteiger partial charge is 0.410 e. The highest BCUT2D eigenvalue weighted by molar-refractivity contribution is 5.80. The summed E-state index contributed by atoms with van der Waals surface area (Å²) >= 11 is 0. The summed E-state index contributed by atoms with van der Waals surface area (Å²) < 4.78 is 10.3. The Hall–Kier alpha value is -3.30. The van der Waals surface area contributed by atoms with Gasteiger partial charge < -0.3 is 25.0 Å². The molecule has 2 heterocycles. The molecule has 1 amide bonds. The summed E-state index contributed by atoms with van der Waals surface area (Å²) in [5.41, 5.74) is 1.75. The summed E-state index contributed by atoms with van der Waals surface area (Å²) in [6.45, 7) is 12.1. The number of aliphatic carboxylic acids is 1. The Labute approximate surface area is 193 Å². The SMILES string of the molecule is CC(C)C[C@H](Nc1nonc1-c1ccc(N2CCN(C(=O)OC(C)(C)C)CC2)cc1)C(=O)O. The van der Waals surface area contributed by atoms with Crippen LogP contribution in [0.25, 0.3) is 11.3 Å². The Morgan fingerprint density at radius 1 is 1.12 bits per heavy atom. The lowest BCUT2D eigenvalue weighted by atomic mass is 10.0. The zero-order valence-electron chi connectivity index (χ0n) is 19.9. The number of rotatable bonds is 7. The Bertz CT molecular complexity index is 943. The third kappa shape index (κ3) is 6.59. The highest BCUT2D eigenvalue weighted by Gasteiger charge is 2.26. The molecule has 2 aromatic rings. The van der Waals surface area contributed by atoms with Gasteiger partial charge in [0.2, 0.25) is 0 Å². The van der Waals surface area contributed by atoms with Gasteiger partial charge in [-0.25, -0.2) is 14.2 Å². The van der Waals surface area contributed by atoms with Crippen LogP contribution in [0.15, 0.2) is 28.9 Å². The van der Waals surface area contributed by atoms with Gasteiger partial charge in [0.25, 0.3) is 0 Å². The molecule has 33 heavy (non-hydrogen) atoms. The van der Waals surface area contributed by atoms with Gasteiger partial charge in [-0.05, 0) is 55.6 Å². The predicted molar refractivity (Wildman–Crippen MR) is 124 cm³/mol. The number of amides is 1. The maximum absolute atomic E-state index is 12.3. The fourth-order valence-corrected chi connectivity index (χ4v) is 3.63. The van der Waals surface area contributed by atoms with E-state index in [1.165, 1.54) is 0 Å². The molecule has 1 aromatic carbocycles. The van der Waals surface area contributed by atoms with E-state index in [0.717, 1.165) is 11.3 Å². The molecule has 1 aromatic heterocycles. The molecule has 10 nitrogen and oxygen atoms in total. The van der Waals surface area contributed by atoms with Gasteiger partial charge in [-0.15, -0.1) is 0 Å². The highest BCUT2D eigenvalue weighted by Crippen LogP contribution is 2.28. The van der Waals surface area contributed by atoms with Crippen LogP contribution in [0.4, 0.5) is 16.3 Å². The van der Waals surface area contributed by atoms with Gasteiger partial charge in [-0.1, -0.05) is 26.0 Å². The first-order valence-corrected chi connectivity index (χ1v) is 11.2. The molecule has 180 valence electrons. The molecule has 3 rings (SSSR count). The van der Waals surface area contributed by atoms with Crippen molar-refractivity contribution in [1.82, 2.24) is 15.2 Å². The lowest BCUT2D eigenvalue weighted by Gasteiger charge is -2.36. The molecular weight excluding hydrogens is 426 g/mol. The number of piperazine rings is 1. The van der Waals surface area contributed by atoms with Crippen LogP contribution in [0.5, 0.6) is 0 Å². The monoisotopic (exact) mass is 459 g/mol. The van der Waals surface area contributed by atoms with E-state index < -0.39 is 17.6 Å². The van der Waals surface area contributed by atoms with Crippen molar-refractivity contribution < 1.29 is 24.1 Å². The molecular formula is C23H33N5O5. The Balaban J connectivity index is 1.63. The minimum atomic E-state index is -0.946. The third-order valence-electron chi connectivity index (χ3n) is 5.24. The molecule has 1 aliphatic heterocycles. The molecule has 10 heteroatoms. The van der Waals surface area contributed by atoms with Crippen molar-refractivity contribution >= 4 is 23.6 Å². The second-order valence-corrected chi connectivity index (χ2v) is 9.63. The summed E-state index contributed by atoms with van der Waals surface area (Å²) in [4.78, 5) is 27.8. The van der Waals surface area contributed by atoms with Gasteiger partial charge in [0.15, 0.2) is 11.5 Å². The van der Waals surface area contributed by atoms with Crippen LogP contribution in [-0.4, -0.2) is 70.2 Å². The molecule has 0 spiro atoms. The van der Waals surface area contributed by atoms with Gasteiger partial charge in [0.1, 0.15) is 11.6 Å². The number of ether oxygens (including phenoxy) is 1. The molecule has 1 atom stereocenters. The quantitative estimate of drug-likeness (QED) is 0.638. The molecule has 0 radical (unpaired) electrons. The second kappa shape index (κ2) is 10.1. The summed E-state index contributed by atoms with van der Waals surface area (Å²) in [5, 5.41) is 20.3. The zero-order chi connectivity index (χ0) is 24.2. The van der Waals surface area contributed by atoms with E-state index in [-0.39, 0.29) is 12.0 Å². The van der Waals surface area contributed by atoms with Crippen molar-refractivity contribution in [2.75, 3.05) is 36.4 Å². The topological polar surface area (TPSA) is 121 Å². The number of aromatic nitrogens is 2. The van der Waals surface area contributed by atoms with Crippen molar-refractivity contribution in [3.05, 3.63) is 24.3 Å². The van der Waals surface area contributed by atoms with Gasteiger partial charge >= 0.3 is 12.1 Å². The standard InChI is InChI=1S/C23H33N5O5/c1-15(2)14-18(21(29)30)24-20-19(25-33-26-20)16-6-8-17(9-7-16)27-10-12-28(13-11-27)22(31)32-23(3,4)5/h6-9,15,18H,10-14H2,1-5H3,(H,24,26)(H,29,30)/t18-/m0/s1. The number of carboxylic acids is 1. The van der Waals surface area contributed by atoms with Crippen molar-refractivity contribution in [3.63, 3.8) is 0 Å². The van der Waals surface area contributed by atoms with Crippen LogP contribution in [0.1, 0.15) is 41.0 Å². The van der Waals surface area contributed by atoms with Crippen LogP contribution in [0.3, 0.4) is 0 Å². The minimum Gasteiger partial charge on any atom is -0.480 e. The molecule has 0 aliphatic carbocycles. The summed E-state index contributed by atoms with van der Waals surface area (Å²) in [5.74, 6) is -0.433. The van der Waals surface area contributed by atoms with E-state index >= 15 is 0 Å². The van der Waals surface area contributed by atoms with Gasteiger partial charge in [0.05, 0.1) is 0 Å². The van der Waals surface area contributed by atoms with Crippen molar-refractivity contribution in [1.29, 1.82) is 0 Å². The molecule has 0 unspecified atom stereocenters. The zero-order valence-corrected chi connectivity index (χ0v) is 19.9. The van der Waals surface area contributed by atoms with Crippen LogP contribution in [0.2, 0.25) is 0 Å². The fourth-order valence-electron chi connectivity index (χ4n) is 3.63. The van der Waals surface area contributed by atoms with E-state index in [9.17, 15) is 14.7 Å². The van der Waals surface area contributed by atoms with Crippen molar-refractivity contribution in [3.8, 4) is 11.3 Å². The van der Waals surface area contributed by atoms with E-state index in [2.05, 4.69) is 20.5 Å². The largest absolute Gasteiger partial charge is 0.480 e. The number of carboxylic acid groups (broad SMARTS) is 1. The lowest BCUT2D eigenvalue weighted by molar-refractivity contribution is -0.138. The van der Waals surface area contributed by atoms with E-state index in [0.29, 0.717) is 44.1 Å². The molecule has 1 saturated heterocycles. The van der Waals surface area contributed by atoms with Crippen LogP contribution < -0.4 is 10.2 Å². The number of nitrogens with zero attached hydrogens (tertiary/aromatic N) is 4. The molecule has 2 N–H and O–H groups in total. The number of carbonyl (C=O) groups is 2. The first-order chi connectivity index (χ1) is 15.5. The number of hydrogen-bond donors (Lipinski definition) is 2. The molecule has 1 fully saturated rings. The van der Waals surface area contributed by atoms with E-state index in [1.807, 2.05) is 58.9 Å². The van der Waals surface area contributed by atoms with Crippen molar-refractivity contribution in [2.45, 2.75) is 52.7 Å². The Morgan fingerprint density at radius 2 is 1.76 bits per heavy atom. The average molecular weight is 460 g/mol. The number of benzene rings is 1. The maximum atomic E-state index is 12.3. The number of carbonyl (C=O) groups excluding carboxylic acids is 1. The fraction of sp³-hybridized carbons (Fsp3) is 0.565. The van der Waals surface area contributed by atoms with E-state index in [1.54, 1.807) is 4.90 Å². The van der Waals surface area contributed by atoms with Gasteiger partial charge in [-0.3, -0.25) is 0 Å². The molecule has 0 bridgehead atoms. The van der Waals surface area contributed by atoms with Crippen LogP contribution >= 0.6 is 0 Å². The number of hydrogen-bond acceptors (Lipinski definition) is 8. The molecule has 1 aliphatic rings. The molecule has 0 saturated carbocycles. The van der Waals surface area contributed by atoms with Crippen LogP contribution in [0, 0.1) is 5.92 Å². The van der Waals surface area contributed by atoms with Crippen LogP contribution in [-0.2, 0) is 9.53 Å². The normalized spacial score (nSPS) is 15.5. The number of nitrogens with one attached hydrogen (secondary N) is 1. The highest BCUT2D eigenvalue weighted by atomic mass is 16.6. The predicted octanol–water partition coefficient (Wildman–Crippen LogP) is 3.70. The van der Waals surface area contributed by atoms with Crippen molar-refractivity contribution in [2.24, 2.45) is 5.92 Å². The second-order valence-electron chi connectivity index (χ2n) is 9.63. The maximum Gasteiger partial charge on any atom is 0.410 e. The average Bonchev–Trinajstić information content (AvgIpc) is 3.20. The van der Waals surface area contributed by atoms with Gasteiger partial charge in [0, 0.05) is 37.4 Å². The Morgan fingerprint density at radius 3 is 2.30 bits per heavy atom. The third-order valence-corrected chi connectivity index (χ3v) is 5.24.